The monoisotopic (exact) mass is 403 g/mol. The molecule has 0 aliphatic heterocycles. The van der Waals surface area contributed by atoms with Gasteiger partial charge in [0.25, 0.3) is 0 Å². The topological polar surface area (TPSA) is 46.9 Å². The predicted octanol–water partition coefficient (Wildman–Crippen LogP) is 5.18. The van der Waals surface area contributed by atoms with Crippen LogP contribution in [0.4, 0.5) is 0 Å². The molecule has 1 aromatic heterocycles. The normalized spacial score (nSPS) is 11.1. The smallest absolute Gasteiger partial charge is 0.220 e. The van der Waals surface area contributed by atoms with Crippen molar-refractivity contribution in [3.8, 4) is 0 Å². The largest absolute Gasteiger partial charge is 0.356 e. The summed E-state index contributed by atoms with van der Waals surface area (Å²) in [5.74, 6) is 1.09. The molecule has 0 fully saturated rings. The minimum atomic E-state index is 0.0854. The highest BCUT2D eigenvalue weighted by atomic mass is 35.5. The fourth-order valence-corrected chi connectivity index (χ4v) is 3.50. The molecule has 0 bridgehead atoms. The van der Waals surface area contributed by atoms with E-state index in [9.17, 15) is 4.79 Å². The molecule has 3 aromatic rings. The summed E-state index contributed by atoms with van der Waals surface area (Å²) in [6, 6.07) is 13.7. The number of hydrogen-bond acceptors (Lipinski definition) is 2. The zero-order valence-electron chi connectivity index (χ0n) is 15.3. The molecule has 0 saturated heterocycles. The maximum absolute atomic E-state index is 12.0. The van der Waals surface area contributed by atoms with Crippen LogP contribution in [0.15, 0.2) is 42.5 Å². The molecule has 0 saturated carbocycles. The van der Waals surface area contributed by atoms with E-state index in [0.29, 0.717) is 23.0 Å². The highest BCUT2D eigenvalue weighted by Gasteiger charge is 2.07. The standard InChI is InChI=1S/C21H23Cl2N3O/c1-15-25-19-7-2-3-8-20(19)26(15)13-5-12-24-21(27)9-4-6-16-10-11-17(22)18(23)14-16/h2-3,7-8,10-11,14H,4-6,9,12-13H2,1H3,(H,24,27). The van der Waals surface area contributed by atoms with Crippen molar-refractivity contribution >= 4 is 40.1 Å². The second kappa shape index (κ2) is 9.25. The Balaban J connectivity index is 1.38. The molecule has 0 aliphatic carbocycles. The van der Waals surface area contributed by atoms with Crippen LogP contribution in [-0.2, 0) is 17.8 Å². The van der Waals surface area contributed by atoms with Crippen molar-refractivity contribution in [1.82, 2.24) is 14.9 Å². The molecule has 27 heavy (non-hydrogen) atoms. The van der Waals surface area contributed by atoms with Crippen LogP contribution in [0.3, 0.4) is 0 Å². The van der Waals surface area contributed by atoms with Crippen LogP contribution in [0.5, 0.6) is 0 Å². The third kappa shape index (κ3) is 5.24. The molecule has 0 radical (unpaired) electrons. The number of aryl methyl sites for hydroxylation is 3. The highest BCUT2D eigenvalue weighted by Crippen LogP contribution is 2.23. The number of fused-ring (bicyclic) bond motifs is 1. The molecule has 4 nitrogen and oxygen atoms in total. The second-order valence-electron chi connectivity index (χ2n) is 6.60. The number of aromatic nitrogens is 2. The number of carbonyl (C=O) groups is 1. The molecule has 3 rings (SSSR count). The number of amides is 1. The number of imidazole rings is 1. The minimum absolute atomic E-state index is 0.0854. The second-order valence-corrected chi connectivity index (χ2v) is 7.42. The van der Waals surface area contributed by atoms with E-state index in [-0.39, 0.29) is 5.91 Å². The van der Waals surface area contributed by atoms with Gasteiger partial charge in [0.15, 0.2) is 0 Å². The first-order valence-electron chi connectivity index (χ1n) is 9.17. The third-order valence-electron chi connectivity index (χ3n) is 4.58. The summed E-state index contributed by atoms with van der Waals surface area (Å²) in [4.78, 5) is 16.6. The molecular formula is C21H23Cl2N3O. The van der Waals surface area contributed by atoms with E-state index in [1.807, 2.05) is 37.3 Å². The quantitative estimate of drug-likeness (QED) is 0.526. The Kier molecular flexibility index (Phi) is 6.75. The van der Waals surface area contributed by atoms with Gasteiger partial charge in [-0.25, -0.2) is 4.98 Å². The fraction of sp³-hybridized carbons (Fsp3) is 0.333. The van der Waals surface area contributed by atoms with Crippen molar-refractivity contribution in [1.29, 1.82) is 0 Å². The SMILES string of the molecule is Cc1nc2ccccc2n1CCCNC(=O)CCCc1ccc(Cl)c(Cl)c1. The van der Waals surface area contributed by atoms with Gasteiger partial charge in [-0.15, -0.1) is 0 Å². The molecule has 6 heteroatoms. The van der Waals surface area contributed by atoms with Crippen molar-refractivity contribution < 1.29 is 4.79 Å². The van der Waals surface area contributed by atoms with Gasteiger partial charge in [0, 0.05) is 19.5 Å². The van der Waals surface area contributed by atoms with Crippen LogP contribution in [0.1, 0.15) is 30.7 Å². The van der Waals surface area contributed by atoms with Crippen molar-refractivity contribution in [2.45, 2.75) is 39.2 Å². The first kappa shape index (κ1) is 19.7. The predicted molar refractivity (Wildman–Crippen MR) is 111 cm³/mol. The summed E-state index contributed by atoms with van der Waals surface area (Å²) < 4.78 is 2.20. The van der Waals surface area contributed by atoms with Crippen molar-refractivity contribution in [2.24, 2.45) is 0 Å². The average molecular weight is 404 g/mol. The van der Waals surface area contributed by atoms with Gasteiger partial charge in [0.2, 0.25) is 5.91 Å². The lowest BCUT2D eigenvalue weighted by molar-refractivity contribution is -0.121. The zero-order chi connectivity index (χ0) is 19.2. The Bertz CT molecular complexity index is 936. The van der Waals surface area contributed by atoms with Crippen LogP contribution in [0, 0.1) is 6.92 Å². The van der Waals surface area contributed by atoms with Gasteiger partial charge in [0.05, 0.1) is 21.1 Å². The zero-order valence-corrected chi connectivity index (χ0v) is 16.9. The summed E-state index contributed by atoms with van der Waals surface area (Å²) in [5.41, 5.74) is 3.25. The highest BCUT2D eigenvalue weighted by molar-refractivity contribution is 6.42. The molecule has 0 atom stereocenters. The van der Waals surface area contributed by atoms with Gasteiger partial charge >= 0.3 is 0 Å². The number of para-hydroxylation sites is 2. The Hall–Kier alpha value is -2.04. The first-order chi connectivity index (χ1) is 13.0. The number of nitrogens with one attached hydrogen (secondary N) is 1. The molecule has 1 heterocycles. The number of nitrogens with zero attached hydrogens (tertiary/aromatic N) is 2. The molecule has 0 spiro atoms. The lowest BCUT2D eigenvalue weighted by atomic mass is 10.1. The summed E-state index contributed by atoms with van der Waals surface area (Å²) in [7, 11) is 0. The molecule has 1 amide bonds. The van der Waals surface area contributed by atoms with E-state index in [2.05, 4.69) is 20.9 Å². The van der Waals surface area contributed by atoms with Crippen molar-refractivity contribution in [3.05, 3.63) is 63.9 Å². The summed E-state index contributed by atoms with van der Waals surface area (Å²) in [5, 5.41) is 4.11. The van der Waals surface area contributed by atoms with Crippen LogP contribution in [0.25, 0.3) is 11.0 Å². The Morgan fingerprint density at radius 2 is 1.93 bits per heavy atom. The number of hydrogen-bond donors (Lipinski definition) is 1. The van der Waals surface area contributed by atoms with Crippen molar-refractivity contribution in [2.75, 3.05) is 6.54 Å². The lowest BCUT2D eigenvalue weighted by Gasteiger charge is -2.08. The Labute approximate surface area is 169 Å². The van der Waals surface area contributed by atoms with Gasteiger partial charge < -0.3 is 9.88 Å². The van der Waals surface area contributed by atoms with Gasteiger partial charge in [-0.05, 0) is 56.0 Å². The van der Waals surface area contributed by atoms with E-state index in [1.54, 1.807) is 6.07 Å². The van der Waals surface area contributed by atoms with E-state index >= 15 is 0 Å². The maximum Gasteiger partial charge on any atom is 0.220 e. The van der Waals surface area contributed by atoms with Crippen LogP contribution >= 0.6 is 23.2 Å². The summed E-state index contributed by atoms with van der Waals surface area (Å²) in [6.07, 6.45) is 2.98. The Morgan fingerprint density at radius 1 is 1.11 bits per heavy atom. The molecule has 0 aliphatic rings. The first-order valence-corrected chi connectivity index (χ1v) is 9.92. The minimum Gasteiger partial charge on any atom is -0.356 e. The van der Waals surface area contributed by atoms with Gasteiger partial charge in [0.1, 0.15) is 5.82 Å². The van der Waals surface area contributed by atoms with Gasteiger partial charge in [-0.3, -0.25) is 4.79 Å². The number of benzene rings is 2. The molecule has 1 N–H and O–H groups in total. The van der Waals surface area contributed by atoms with Gasteiger partial charge in [-0.2, -0.15) is 0 Å². The van der Waals surface area contributed by atoms with Crippen molar-refractivity contribution in [3.63, 3.8) is 0 Å². The summed E-state index contributed by atoms with van der Waals surface area (Å²) >= 11 is 11.9. The molecule has 0 unspecified atom stereocenters. The number of rotatable bonds is 8. The molecular weight excluding hydrogens is 381 g/mol. The van der Waals surface area contributed by atoms with Crippen LogP contribution in [-0.4, -0.2) is 22.0 Å². The average Bonchev–Trinajstić information content (AvgIpc) is 2.97. The maximum atomic E-state index is 12.0. The van der Waals surface area contributed by atoms with E-state index in [0.717, 1.165) is 48.2 Å². The molecule has 2 aromatic carbocycles. The van der Waals surface area contributed by atoms with E-state index in [4.69, 9.17) is 23.2 Å². The van der Waals surface area contributed by atoms with Gasteiger partial charge in [-0.1, -0.05) is 41.4 Å². The third-order valence-corrected chi connectivity index (χ3v) is 5.32. The number of halogens is 2. The fourth-order valence-electron chi connectivity index (χ4n) is 3.18. The number of carbonyl (C=O) groups excluding carboxylic acids is 1. The summed E-state index contributed by atoms with van der Waals surface area (Å²) in [6.45, 7) is 3.52. The Morgan fingerprint density at radius 3 is 2.74 bits per heavy atom. The van der Waals surface area contributed by atoms with Crippen LogP contribution in [0.2, 0.25) is 10.0 Å². The van der Waals surface area contributed by atoms with E-state index < -0.39 is 0 Å². The van der Waals surface area contributed by atoms with Crippen LogP contribution < -0.4 is 5.32 Å². The molecule has 142 valence electrons. The lowest BCUT2D eigenvalue weighted by Crippen LogP contribution is -2.25. The van der Waals surface area contributed by atoms with E-state index in [1.165, 1.54) is 0 Å².